The van der Waals surface area contributed by atoms with Crippen LogP contribution in [0.15, 0.2) is 127 Å². The Morgan fingerprint density at radius 3 is 1.17 bits per heavy atom. The Kier molecular flexibility index (Phi) is 21.8. The van der Waals surface area contributed by atoms with Crippen LogP contribution < -0.4 is 21.9 Å². The van der Waals surface area contributed by atoms with Gasteiger partial charge in [-0.05, 0) is 32.0 Å². The van der Waals surface area contributed by atoms with Crippen molar-refractivity contribution in [2.24, 2.45) is 0 Å². The van der Waals surface area contributed by atoms with Crippen LogP contribution in [0.3, 0.4) is 0 Å². The summed E-state index contributed by atoms with van der Waals surface area (Å²) < 4.78 is 0. The Balaban J connectivity index is 0.000000234. The van der Waals surface area contributed by atoms with Crippen LogP contribution in [0.4, 0.5) is 0 Å². The number of aryl methyl sites for hydroxylation is 2. The molecule has 0 atom stereocenters. The van der Waals surface area contributed by atoms with E-state index in [1.54, 1.807) is 0 Å². The van der Waals surface area contributed by atoms with Crippen molar-refractivity contribution in [3.8, 4) is 0 Å². The summed E-state index contributed by atoms with van der Waals surface area (Å²) in [4.78, 5) is 9.19. The Bertz CT molecular complexity index is 1520. The van der Waals surface area contributed by atoms with Gasteiger partial charge >= 0.3 is 26.2 Å². The summed E-state index contributed by atoms with van der Waals surface area (Å²) in [5.74, 6) is 0. The number of unbranched alkanes of at least 4 members (excludes halogenated alkanes) is 2. The summed E-state index contributed by atoms with van der Waals surface area (Å²) in [7, 11) is 0. The molecule has 2 nitrogen and oxygen atoms in total. The van der Waals surface area contributed by atoms with E-state index in [1.165, 1.54) is 86.1 Å². The molecule has 7 rings (SSSR count). The van der Waals surface area contributed by atoms with Crippen LogP contribution >= 0.6 is 0 Å². The first-order chi connectivity index (χ1) is 26.1. The molecule has 280 valence electrons. The minimum atomic E-state index is -1.22. The van der Waals surface area contributed by atoms with E-state index in [9.17, 15) is 0 Å². The average molecular weight is 794 g/mol. The number of allylic oxidation sites excluding steroid dienone is 2. The van der Waals surface area contributed by atoms with E-state index in [0.717, 1.165) is 48.5 Å². The van der Waals surface area contributed by atoms with Gasteiger partial charge in [0.05, 0.1) is 5.69 Å². The summed E-state index contributed by atoms with van der Waals surface area (Å²) in [6.45, 7) is 8.33. The molecule has 1 heterocycles. The molecule has 0 radical (unpaired) electrons. The summed E-state index contributed by atoms with van der Waals surface area (Å²) in [5.41, 5.74) is 9.23. The van der Waals surface area contributed by atoms with E-state index in [2.05, 4.69) is 163 Å². The van der Waals surface area contributed by atoms with E-state index in [-0.39, 0.29) is 26.2 Å². The van der Waals surface area contributed by atoms with Gasteiger partial charge in [-0.15, -0.1) is 6.42 Å². The number of nitrogens with zero attached hydrogens (tertiary/aromatic N) is 2. The second kappa shape index (κ2) is 26.2. The standard InChI is InChI=1S/C24H20B.C16H23N2.2C5H10.Zr/c1-5-13-21(14-6-1)25(22-15-7-2-8-16-22,23-17-9-3-10-18-23)24-19-11-4-12-20-24;1-5-7-9-11-15-13(3)18-16(14(4)17-15)12-10-8-6-2;2*1-2-4-5-3-1;/h1-20H;9,11-12H,5-8H2,1-4H3;2*1-5H2;/q2*-1;;;+2/b;11-9+;;;. The van der Waals surface area contributed by atoms with Crippen LogP contribution in [0, 0.1) is 19.9 Å². The number of hydrogen-bond donors (Lipinski definition) is 0. The fourth-order valence-corrected chi connectivity index (χ4v) is 7.50. The van der Waals surface area contributed by atoms with Gasteiger partial charge in [0.1, 0.15) is 6.15 Å². The molecule has 4 aromatic carbocycles. The molecular weight excluding hydrogens is 731 g/mol. The van der Waals surface area contributed by atoms with Gasteiger partial charge in [-0.25, -0.2) is 6.08 Å². The summed E-state index contributed by atoms with van der Waals surface area (Å²) in [6, 6.07) is 43.5. The van der Waals surface area contributed by atoms with E-state index < -0.39 is 6.15 Å². The zero-order valence-corrected chi connectivity index (χ0v) is 36.1. The van der Waals surface area contributed by atoms with Crippen molar-refractivity contribution in [1.82, 2.24) is 9.97 Å². The Morgan fingerprint density at radius 2 is 0.833 bits per heavy atom. The van der Waals surface area contributed by atoms with E-state index >= 15 is 0 Å². The van der Waals surface area contributed by atoms with Crippen LogP contribution in [-0.4, -0.2) is 16.1 Å². The third-order valence-corrected chi connectivity index (χ3v) is 10.4. The fourth-order valence-electron chi connectivity index (χ4n) is 7.50. The monoisotopic (exact) mass is 792 g/mol. The average Bonchev–Trinajstić information content (AvgIpc) is 4.00. The Labute approximate surface area is 348 Å². The molecule has 1 aromatic heterocycles. The van der Waals surface area contributed by atoms with Gasteiger partial charge in [0.2, 0.25) is 0 Å². The first-order valence-electron chi connectivity index (χ1n) is 20.6. The van der Waals surface area contributed by atoms with Crippen molar-refractivity contribution >= 4 is 40.1 Å². The van der Waals surface area contributed by atoms with Crippen LogP contribution in [0.1, 0.15) is 127 Å². The van der Waals surface area contributed by atoms with Gasteiger partial charge in [0, 0.05) is 5.69 Å². The summed E-state index contributed by atoms with van der Waals surface area (Å²) in [5, 5.41) is 0. The maximum Gasteiger partial charge on any atom is 2.00 e. The largest absolute Gasteiger partial charge is 2.00 e. The SMILES string of the molecule is C1CCCC1.C1CCCC1.CCC[C-]=Cc1nc(C)c(/C=C/CCC)nc1C.[Zr+2].c1ccc([B-](c2ccccc2)(c2ccccc2)c2ccccc2)cc1. The van der Waals surface area contributed by atoms with E-state index in [4.69, 9.17) is 0 Å². The molecule has 0 amide bonds. The first kappa shape index (κ1) is 44.8. The molecule has 2 saturated carbocycles. The Hall–Kier alpha value is -3.61. The van der Waals surface area contributed by atoms with Gasteiger partial charge in [-0.1, -0.05) is 224 Å². The molecule has 2 aliphatic carbocycles. The molecular formula is C50H63BN2Zr. The molecule has 2 aliphatic rings. The number of hydrogen-bond acceptors (Lipinski definition) is 2. The van der Waals surface area contributed by atoms with Gasteiger partial charge in [-0.2, -0.15) is 21.9 Å². The van der Waals surface area contributed by atoms with Crippen molar-refractivity contribution in [2.45, 2.75) is 118 Å². The number of benzene rings is 4. The molecule has 2 fully saturated rings. The second-order valence-electron chi connectivity index (χ2n) is 14.5. The number of rotatable bonds is 10. The molecule has 4 heteroatoms. The van der Waals surface area contributed by atoms with Crippen molar-refractivity contribution in [3.05, 3.63) is 156 Å². The maximum absolute atomic E-state index is 4.60. The Morgan fingerprint density at radius 1 is 0.500 bits per heavy atom. The van der Waals surface area contributed by atoms with Gasteiger partial charge < -0.3 is 4.98 Å². The van der Waals surface area contributed by atoms with Crippen LogP contribution in [0.2, 0.25) is 0 Å². The zero-order chi connectivity index (χ0) is 37.4. The van der Waals surface area contributed by atoms with Crippen molar-refractivity contribution < 1.29 is 26.2 Å². The van der Waals surface area contributed by atoms with E-state index in [1.807, 2.05) is 19.9 Å². The van der Waals surface area contributed by atoms with E-state index in [0.29, 0.717) is 0 Å². The molecule has 0 unspecified atom stereocenters. The molecule has 54 heavy (non-hydrogen) atoms. The minimum absolute atomic E-state index is 0. The van der Waals surface area contributed by atoms with Crippen LogP contribution in [0.5, 0.6) is 0 Å². The molecule has 0 bridgehead atoms. The molecule has 0 saturated heterocycles. The quantitative estimate of drug-likeness (QED) is 0.104. The fraction of sp³-hybridized carbons (Fsp3) is 0.360. The van der Waals surface area contributed by atoms with Crippen molar-refractivity contribution in [2.75, 3.05) is 0 Å². The van der Waals surface area contributed by atoms with Gasteiger partial charge in [-0.3, -0.25) is 11.1 Å². The molecule has 0 N–H and O–H groups in total. The zero-order valence-electron chi connectivity index (χ0n) is 33.7. The van der Waals surface area contributed by atoms with Crippen molar-refractivity contribution in [1.29, 1.82) is 0 Å². The molecule has 0 aliphatic heterocycles. The third-order valence-electron chi connectivity index (χ3n) is 10.4. The van der Waals surface area contributed by atoms with Crippen molar-refractivity contribution in [3.63, 3.8) is 0 Å². The smallest absolute Gasteiger partial charge is 0.344 e. The van der Waals surface area contributed by atoms with Crippen LogP contribution in [0.25, 0.3) is 12.2 Å². The van der Waals surface area contributed by atoms with Gasteiger partial charge in [0.25, 0.3) is 0 Å². The number of aromatic nitrogens is 2. The molecule has 0 spiro atoms. The van der Waals surface area contributed by atoms with Gasteiger partial charge in [0.15, 0.2) is 0 Å². The first-order valence-corrected chi connectivity index (χ1v) is 20.6. The maximum atomic E-state index is 4.60. The minimum Gasteiger partial charge on any atom is -0.344 e. The third kappa shape index (κ3) is 13.9. The predicted octanol–water partition coefficient (Wildman–Crippen LogP) is 11.5. The predicted molar refractivity (Wildman–Crippen MR) is 234 cm³/mol. The molecule has 5 aromatic rings. The summed E-state index contributed by atoms with van der Waals surface area (Å²) in [6.07, 6.45) is 27.6. The summed E-state index contributed by atoms with van der Waals surface area (Å²) >= 11 is 0. The second-order valence-corrected chi connectivity index (χ2v) is 14.5. The normalized spacial score (nSPS) is 13.6. The van der Waals surface area contributed by atoms with Crippen LogP contribution in [-0.2, 0) is 26.2 Å². The topological polar surface area (TPSA) is 25.8 Å².